The minimum atomic E-state index is -3.38. The highest BCUT2D eigenvalue weighted by molar-refractivity contribution is 9.10. The van der Waals surface area contributed by atoms with Crippen molar-refractivity contribution >= 4 is 31.6 Å². The van der Waals surface area contributed by atoms with Gasteiger partial charge >= 0.3 is 0 Å². The molecule has 0 aliphatic carbocycles. The highest BCUT2D eigenvalue weighted by Crippen LogP contribution is 2.20. The fourth-order valence-corrected chi connectivity index (χ4v) is 2.85. The van der Waals surface area contributed by atoms with Crippen molar-refractivity contribution in [2.24, 2.45) is 0 Å². The molecule has 0 aliphatic heterocycles. The lowest BCUT2D eigenvalue weighted by molar-refractivity contribution is 0.595. The summed E-state index contributed by atoms with van der Waals surface area (Å²) in [5.74, 6) is -0.389. The summed E-state index contributed by atoms with van der Waals surface area (Å²) in [6.45, 7) is 3.44. The molecule has 2 N–H and O–H groups in total. The summed E-state index contributed by atoms with van der Waals surface area (Å²) in [4.78, 5) is 0. The predicted molar refractivity (Wildman–Crippen MR) is 74.7 cm³/mol. The normalized spacial score (nSPS) is 11.5. The number of halogens is 2. The predicted octanol–water partition coefficient (Wildman–Crippen LogP) is 2.33. The lowest BCUT2D eigenvalue weighted by Gasteiger charge is -2.08. The highest BCUT2D eigenvalue weighted by atomic mass is 79.9. The largest absolute Gasteiger partial charge is 0.317 e. The molecule has 0 saturated heterocycles. The molecule has 0 amide bonds. The van der Waals surface area contributed by atoms with Crippen molar-refractivity contribution in [2.45, 2.75) is 13.3 Å². The number of rotatable bonds is 7. The molecule has 0 atom stereocenters. The third kappa shape index (κ3) is 5.32. The molecule has 7 heteroatoms. The zero-order chi connectivity index (χ0) is 13.6. The maximum atomic E-state index is 13.0. The molecule has 1 aromatic rings. The van der Waals surface area contributed by atoms with Gasteiger partial charge in [0.05, 0.1) is 10.2 Å². The van der Waals surface area contributed by atoms with Crippen LogP contribution in [-0.2, 0) is 10.0 Å². The van der Waals surface area contributed by atoms with Crippen LogP contribution in [0, 0.1) is 5.82 Å². The topological polar surface area (TPSA) is 58.2 Å². The van der Waals surface area contributed by atoms with Crippen molar-refractivity contribution in [1.29, 1.82) is 0 Å². The van der Waals surface area contributed by atoms with Crippen LogP contribution >= 0.6 is 15.9 Å². The van der Waals surface area contributed by atoms with E-state index in [-0.39, 0.29) is 10.2 Å². The molecule has 0 aromatic heterocycles. The van der Waals surface area contributed by atoms with Gasteiger partial charge in [-0.15, -0.1) is 0 Å². The Morgan fingerprint density at radius 1 is 1.39 bits per heavy atom. The Labute approximate surface area is 115 Å². The molecule has 1 aromatic carbocycles. The number of anilines is 1. The lowest BCUT2D eigenvalue weighted by atomic mass is 10.3. The molecule has 0 saturated carbocycles. The lowest BCUT2D eigenvalue weighted by Crippen LogP contribution is -2.21. The van der Waals surface area contributed by atoms with E-state index in [9.17, 15) is 12.8 Å². The summed E-state index contributed by atoms with van der Waals surface area (Å²) >= 11 is 3.01. The quantitative estimate of drug-likeness (QED) is 0.750. The second-order valence-electron chi connectivity index (χ2n) is 3.76. The molecular weight excluding hydrogens is 323 g/mol. The Morgan fingerprint density at radius 3 is 2.72 bits per heavy atom. The van der Waals surface area contributed by atoms with Gasteiger partial charge in [-0.25, -0.2) is 12.8 Å². The van der Waals surface area contributed by atoms with Gasteiger partial charge in [-0.2, -0.15) is 0 Å². The zero-order valence-electron chi connectivity index (χ0n) is 10.0. The number of sulfonamides is 1. The molecular formula is C11H16BrFN2O2S. The first-order chi connectivity index (χ1) is 8.44. The Bertz CT molecular complexity index is 494. The van der Waals surface area contributed by atoms with Crippen LogP contribution in [0.4, 0.5) is 10.1 Å². The summed E-state index contributed by atoms with van der Waals surface area (Å²) in [6.07, 6.45) is 0.533. The van der Waals surface area contributed by atoms with Crippen molar-refractivity contribution in [2.75, 3.05) is 23.6 Å². The number of benzene rings is 1. The van der Waals surface area contributed by atoms with Crippen LogP contribution < -0.4 is 10.0 Å². The molecule has 1 rings (SSSR count). The van der Waals surface area contributed by atoms with E-state index in [4.69, 9.17) is 0 Å². The van der Waals surface area contributed by atoms with Crippen molar-refractivity contribution < 1.29 is 12.8 Å². The Hall–Kier alpha value is -0.660. The van der Waals surface area contributed by atoms with Gasteiger partial charge < -0.3 is 5.32 Å². The van der Waals surface area contributed by atoms with Crippen LogP contribution in [0.2, 0.25) is 0 Å². The van der Waals surface area contributed by atoms with Gasteiger partial charge in [0.15, 0.2) is 0 Å². The number of hydrogen-bond acceptors (Lipinski definition) is 3. The monoisotopic (exact) mass is 338 g/mol. The molecule has 0 fully saturated rings. The summed E-state index contributed by atoms with van der Waals surface area (Å²) < 4.78 is 39.1. The maximum Gasteiger partial charge on any atom is 0.232 e. The van der Waals surface area contributed by atoms with Crippen molar-refractivity contribution in [3.63, 3.8) is 0 Å². The minimum absolute atomic E-state index is 0.0367. The molecule has 4 nitrogen and oxygen atoms in total. The fraction of sp³-hybridized carbons (Fsp3) is 0.455. The van der Waals surface area contributed by atoms with E-state index in [0.717, 1.165) is 6.54 Å². The molecule has 0 unspecified atom stereocenters. The van der Waals surface area contributed by atoms with E-state index < -0.39 is 15.8 Å². The summed E-state index contributed by atoms with van der Waals surface area (Å²) in [5.41, 5.74) is 0.353. The molecule has 18 heavy (non-hydrogen) atoms. The van der Waals surface area contributed by atoms with Crippen molar-refractivity contribution in [3.8, 4) is 0 Å². The minimum Gasteiger partial charge on any atom is -0.317 e. The SMILES string of the molecule is CCNCCCS(=O)(=O)Nc1ccc(F)c(Br)c1. The van der Waals surface area contributed by atoms with Gasteiger partial charge in [0.1, 0.15) is 5.82 Å². The summed E-state index contributed by atoms with van der Waals surface area (Å²) in [7, 11) is -3.38. The van der Waals surface area contributed by atoms with Crippen molar-refractivity contribution in [3.05, 3.63) is 28.5 Å². The van der Waals surface area contributed by atoms with Gasteiger partial charge in [-0.3, -0.25) is 4.72 Å². The second kappa shape index (κ2) is 7.06. The first-order valence-corrected chi connectivity index (χ1v) is 8.05. The molecule has 0 radical (unpaired) electrons. The molecule has 0 spiro atoms. The Balaban J connectivity index is 2.56. The molecule has 0 aliphatic rings. The molecule has 0 heterocycles. The molecule has 102 valence electrons. The Kier molecular flexibility index (Phi) is 6.04. The van der Waals surface area contributed by atoms with E-state index in [1.807, 2.05) is 6.92 Å². The van der Waals surface area contributed by atoms with E-state index >= 15 is 0 Å². The van der Waals surface area contributed by atoms with Gasteiger partial charge in [0, 0.05) is 5.69 Å². The highest BCUT2D eigenvalue weighted by Gasteiger charge is 2.10. The van der Waals surface area contributed by atoms with Gasteiger partial charge in [0.25, 0.3) is 0 Å². The average Bonchev–Trinajstić information content (AvgIpc) is 2.29. The number of nitrogens with one attached hydrogen (secondary N) is 2. The first kappa shape index (κ1) is 15.4. The summed E-state index contributed by atoms with van der Waals surface area (Å²) in [6, 6.07) is 4.00. The Morgan fingerprint density at radius 2 is 2.11 bits per heavy atom. The second-order valence-corrected chi connectivity index (χ2v) is 6.45. The van der Waals surface area contributed by atoms with Gasteiger partial charge in [-0.05, 0) is 53.6 Å². The van der Waals surface area contributed by atoms with E-state index in [1.165, 1.54) is 18.2 Å². The van der Waals surface area contributed by atoms with Crippen LogP contribution in [0.15, 0.2) is 22.7 Å². The van der Waals surface area contributed by atoms with E-state index in [2.05, 4.69) is 26.0 Å². The van der Waals surface area contributed by atoms with E-state index in [1.54, 1.807) is 0 Å². The molecule has 0 bridgehead atoms. The van der Waals surface area contributed by atoms with Gasteiger partial charge in [0.2, 0.25) is 10.0 Å². The zero-order valence-corrected chi connectivity index (χ0v) is 12.4. The maximum absolute atomic E-state index is 13.0. The van der Waals surface area contributed by atoms with Crippen LogP contribution in [-0.4, -0.2) is 27.3 Å². The van der Waals surface area contributed by atoms with Gasteiger partial charge in [-0.1, -0.05) is 6.92 Å². The van der Waals surface area contributed by atoms with E-state index in [0.29, 0.717) is 18.7 Å². The standard InChI is InChI=1S/C11H16BrFN2O2S/c1-2-14-6-3-7-18(16,17)15-9-4-5-11(13)10(12)8-9/h4-5,8,14-15H,2-3,6-7H2,1H3. The first-order valence-electron chi connectivity index (χ1n) is 5.61. The summed E-state index contributed by atoms with van der Waals surface area (Å²) in [5, 5.41) is 3.05. The van der Waals surface area contributed by atoms with Crippen LogP contribution in [0.3, 0.4) is 0 Å². The third-order valence-electron chi connectivity index (χ3n) is 2.21. The van der Waals surface area contributed by atoms with Crippen molar-refractivity contribution in [1.82, 2.24) is 5.32 Å². The van der Waals surface area contributed by atoms with Crippen LogP contribution in [0.25, 0.3) is 0 Å². The fourth-order valence-electron chi connectivity index (χ4n) is 1.35. The third-order valence-corrected chi connectivity index (χ3v) is 4.19. The van der Waals surface area contributed by atoms with Crippen LogP contribution in [0.1, 0.15) is 13.3 Å². The number of hydrogen-bond donors (Lipinski definition) is 2. The van der Waals surface area contributed by atoms with Crippen LogP contribution in [0.5, 0.6) is 0 Å². The smallest absolute Gasteiger partial charge is 0.232 e. The average molecular weight is 339 g/mol.